The Morgan fingerprint density at radius 1 is 1.21 bits per heavy atom. The van der Waals surface area contributed by atoms with E-state index in [0.717, 1.165) is 4.90 Å². The lowest BCUT2D eigenvalue weighted by atomic mass is 10.1. The van der Waals surface area contributed by atoms with Crippen LogP contribution in [0, 0.1) is 25.2 Å². The highest BCUT2D eigenvalue weighted by molar-refractivity contribution is 5.98. The Morgan fingerprint density at radius 2 is 1.88 bits per heavy atom. The van der Waals surface area contributed by atoms with Gasteiger partial charge in [0.1, 0.15) is 12.1 Å². The van der Waals surface area contributed by atoms with Crippen molar-refractivity contribution in [3.8, 4) is 6.07 Å². The number of nitrogens with zero attached hydrogens (tertiary/aromatic N) is 5. The summed E-state index contributed by atoms with van der Waals surface area (Å²) in [6, 6.07) is 7.96. The molecule has 172 valence electrons. The third kappa shape index (κ3) is 5.46. The second-order valence-electron chi connectivity index (χ2n) is 7.59. The van der Waals surface area contributed by atoms with Crippen molar-refractivity contribution in [1.82, 2.24) is 19.5 Å². The molecule has 0 aliphatic carbocycles. The number of primary amides is 1. The maximum absolute atomic E-state index is 13.1. The van der Waals surface area contributed by atoms with Crippen LogP contribution < -0.4 is 5.73 Å². The van der Waals surface area contributed by atoms with Gasteiger partial charge in [0.05, 0.1) is 17.8 Å². The lowest BCUT2D eigenvalue weighted by molar-refractivity contribution is -0.162. The number of carbonyl (C=O) groups is 2. The summed E-state index contributed by atoms with van der Waals surface area (Å²) in [6.45, 7) is 1.79. The van der Waals surface area contributed by atoms with Gasteiger partial charge in [-0.15, -0.1) is 0 Å². The van der Waals surface area contributed by atoms with E-state index < -0.39 is 24.5 Å². The number of benzene rings is 1. The lowest BCUT2D eigenvalue weighted by Crippen LogP contribution is -2.38. The second-order valence-corrected chi connectivity index (χ2v) is 7.59. The summed E-state index contributed by atoms with van der Waals surface area (Å²) in [7, 11) is 0. The fourth-order valence-electron chi connectivity index (χ4n) is 3.59. The molecule has 2 aromatic heterocycles. The highest BCUT2D eigenvalue weighted by Gasteiger charge is 2.33. The zero-order chi connectivity index (χ0) is 24.3. The topological polar surface area (TPSA) is 117 Å². The van der Waals surface area contributed by atoms with Crippen LogP contribution in [0.3, 0.4) is 0 Å². The summed E-state index contributed by atoms with van der Waals surface area (Å²) < 4.78 is 40.8. The van der Waals surface area contributed by atoms with Gasteiger partial charge in [0, 0.05) is 24.4 Å². The summed E-state index contributed by atoms with van der Waals surface area (Å²) in [4.78, 5) is 29.4. The molecule has 0 saturated carbocycles. The van der Waals surface area contributed by atoms with Gasteiger partial charge in [-0.25, -0.2) is 9.50 Å². The molecular weight excluding hydrogens is 437 g/mol. The van der Waals surface area contributed by atoms with E-state index in [4.69, 9.17) is 11.0 Å². The van der Waals surface area contributed by atoms with E-state index in [1.54, 1.807) is 13.8 Å². The van der Waals surface area contributed by atoms with Crippen LogP contribution in [0.25, 0.3) is 5.65 Å². The predicted octanol–water partition coefficient (Wildman–Crippen LogP) is 2.84. The molecule has 0 saturated heterocycles. The van der Waals surface area contributed by atoms with Crippen LogP contribution in [-0.2, 0) is 17.8 Å². The number of aromatic nitrogens is 3. The van der Waals surface area contributed by atoms with E-state index in [9.17, 15) is 22.8 Å². The number of nitrogens with two attached hydrogens (primary N) is 1. The van der Waals surface area contributed by atoms with Gasteiger partial charge >= 0.3 is 6.18 Å². The fraction of sp³-hybridized carbons (Fsp3) is 0.318. The number of hydrogen-bond acceptors (Lipinski definition) is 5. The van der Waals surface area contributed by atoms with E-state index in [1.807, 2.05) is 6.07 Å². The molecule has 0 aliphatic heterocycles. The molecule has 11 heteroatoms. The molecule has 0 spiro atoms. The molecule has 2 amide bonds. The van der Waals surface area contributed by atoms with Gasteiger partial charge in [-0.1, -0.05) is 12.1 Å². The van der Waals surface area contributed by atoms with Crippen molar-refractivity contribution in [2.24, 2.45) is 5.73 Å². The van der Waals surface area contributed by atoms with Gasteiger partial charge < -0.3 is 10.6 Å². The number of aryl methyl sites for hydroxylation is 2. The summed E-state index contributed by atoms with van der Waals surface area (Å²) in [5, 5.41) is 13.0. The molecule has 0 aliphatic rings. The predicted molar refractivity (Wildman–Crippen MR) is 112 cm³/mol. The summed E-state index contributed by atoms with van der Waals surface area (Å²) in [5.41, 5.74) is 8.44. The Bertz CT molecular complexity index is 1240. The molecule has 3 rings (SSSR count). The third-order valence-corrected chi connectivity index (χ3v) is 5.24. The molecule has 2 heterocycles. The molecule has 33 heavy (non-hydrogen) atoms. The molecule has 0 unspecified atom stereocenters. The molecule has 0 bridgehead atoms. The van der Waals surface area contributed by atoms with Crippen LogP contribution in [0.15, 0.2) is 30.5 Å². The number of hydrogen-bond donors (Lipinski definition) is 1. The Labute approximate surface area is 187 Å². The number of amides is 2. The second kappa shape index (κ2) is 9.28. The Morgan fingerprint density at radius 3 is 2.45 bits per heavy atom. The molecule has 1 aromatic carbocycles. The number of nitriles is 1. The standard InChI is InChI=1S/C22H21F3N6O2/c1-13-17(14(2)31-21(29-13)18(10-28-31)20(27)33)7-8-19(32)30(12-22(23,24)25)11-16-5-3-15(9-26)4-6-16/h3-6,10H,7-8,11-12H2,1-2H3,(H2,27,33). The van der Waals surface area contributed by atoms with Crippen molar-refractivity contribution in [1.29, 1.82) is 5.26 Å². The number of fused-ring (bicyclic) bond motifs is 1. The Balaban J connectivity index is 1.81. The SMILES string of the molecule is Cc1nc2c(C(N)=O)cnn2c(C)c1CCC(=O)N(Cc1ccc(C#N)cc1)CC(F)(F)F. The van der Waals surface area contributed by atoms with Crippen LogP contribution in [0.2, 0.25) is 0 Å². The quantitative estimate of drug-likeness (QED) is 0.584. The molecule has 0 atom stereocenters. The van der Waals surface area contributed by atoms with Crippen molar-refractivity contribution in [3.05, 3.63) is 64.1 Å². The number of halogens is 3. The molecular formula is C22H21F3N6O2. The molecule has 8 nitrogen and oxygen atoms in total. The largest absolute Gasteiger partial charge is 0.406 e. The van der Waals surface area contributed by atoms with Gasteiger partial charge in [0.25, 0.3) is 5.91 Å². The van der Waals surface area contributed by atoms with Gasteiger partial charge in [0.15, 0.2) is 5.65 Å². The van der Waals surface area contributed by atoms with Crippen molar-refractivity contribution in [2.75, 3.05) is 6.54 Å². The highest BCUT2D eigenvalue weighted by atomic mass is 19.4. The van der Waals surface area contributed by atoms with Gasteiger partial charge in [-0.2, -0.15) is 23.5 Å². The maximum Gasteiger partial charge on any atom is 0.406 e. The first kappa shape index (κ1) is 23.7. The Kier molecular flexibility index (Phi) is 6.67. The fourth-order valence-corrected chi connectivity index (χ4v) is 3.59. The first-order valence-corrected chi connectivity index (χ1v) is 9.97. The zero-order valence-electron chi connectivity index (χ0n) is 18.0. The highest BCUT2D eigenvalue weighted by Crippen LogP contribution is 2.22. The zero-order valence-corrected chi connectivity index (χ0v) is 18.0. The van der Waals surface area contributed by atoms with Crippen LogP contribution in [0.1, 0.15) is 44.9 Å². The van der Waals surface area contributed by atoms with E-state index in [0.29, 0.717) is 28.1 Å². The van der Waals surface area contributed by atoms with Crippen LogP contribution in [0.5, 0.6) is 0 Å². The number of carbonyl (C=O) groups excluding carboxylic acids is 2. The normalized spacial score (nSPS) is 11.4. The molecule has 3 aromatic rings. The van der Waals surface area contributed by atoms with Crippen LogP contribution in [-0.4, -0.2) is 44.0 Å². The maximum atomic E-state index is 13.1. The smallest absolute Gasteiger partial charge is 0.365 e. The van der Waals surface area contributed by atoms with E-state index in [-0.39, 0.29) is 30.6 Å². The van der Waals surface area contributed by atoms with Crippen molar-refractivity contribution < 1.29 is 22.8 Å². The van der Waals surface area contributed by atoms with Crippen molar-refractivity contribution >= 4 is 17.5 Å². The summed E-state index contributed by atoms with van der Waals surface area (Å²) in [6.07, 6.45) is -3.29. The molecule has 2 N–H and O–H groups in total. The first-order chi connectivity index (χ1) is 15.5. The lowest BCUT2D eigenvalue weighted by Gasteiger charge is -2.24. The number of rotatable bonds is 7. The minimum atomic E-state index is -4.56. The van der Waals surface area contributed by atoms with E-state index in [1.165, 1.54) is 35.0 Å². The Hall–Kier alpha value is -3.94. The first-order valence-electron chi connectivity index (χ1n) is 9.97. The minimum absolute atomic E-state index is 0.146. The molecule has 0 radical (unpaired) electrons. The average Bonchev–Trinajstić information content (AvgIpc) is 3.16. The third-order valence-electron chi connectivity index (χ3n) is 5.24. The van der Waals surface area contributed by atoms with Crippen molar-refractivity contribution in [3.63, 3.8) is 0 Å². The van der Waals surface area contributed by atoms with E-state index >= 15 is 0 Å². The van der Waals surface area contributed by atoms with Crippen LogP contribution >= 0.6 is 0 Å². The number of alkyl halides is 3. The van der Waals surface area contributed by atoms with Gasteiger partial charge in [-0.05, 0) is 43.5 Å². The van der Waals surface area contributed by atoms with Gasteiger partial charge in [-0.3, -0.25) is 9.59 Å². The van der Waals surface area contributed by atoms with E-state index in [2.05, 4.69) is 10.1 Å². The summed E-state index contributed by atoms with van der Waals surface area (Å²) >= 11 is 0. The average molecular weight is 458 g/mol. The van der Waals surface area contributed by atoms with Gasteiger partial charge in [0.2, 0.25) is 5.91 Å². The summed E-state index contributed by atoms with van der Waals surface area (Å²) in [5.74, 6) is -1.35. The molecule has 0 fully saturated rings. The van der Waals surface area contributed by atoms with Crippen LogP contribution in [0.4, 0.5) is 13.2 Å². The minimum Gasteiger partial charge on any atom is -0.365 e. The van der Waals surface area contributed by atoms with Crippen molar-refractivity contribution in [2.45, 2.75) is 39.4 Å². The monoisotopic (exact) mass is 458 g/mol.